The van der Waals surface area contributed by atoms with Crippen molar-refractivity contribution in [3.63, 3.8) is 0 Å². The zero-order chi connectivity index (χ0) is 15.2. The van der Waals surface area contributed by atoms with Crippen molar-refractivity contribution < 1.29 is 9.47 Å². The van der Waals surface area contributed by atoms with Crippen LogP contribution in [0.2, 0.25) is 5.02 Å². The zero-order valence-corrected chi connectivity index (χ0v) is 13.5. The number of rotatable bonds is 5. The van der Waals surface area contributed by atoms with Crippen LogP contribution in [0.1, 0.15) is 5.56 Å². The summed E-state index contributed by atoms with van der Waals surface area (Å²) >= 11 is 17.2. The summed E-state index contributed by atoms with van der Waals surface area (Å²) in [5.41, 5.74) is 1.18. The van der Waals surface area contributed by atoms with Crippen LogP contribution in [0, 0.1) is 6.92 Å². The van der Waals surface area contributed by atoms with E-state index in [0.29, 0.717) is 16.5 Å². The van der Waals surface area contributed by atoms with Crippen molar-refractivity contribution in [3.05, 3.63) is 63.6 Å². The minimum atomic E-state index is 0.158. The fourth-order valence-corrected chi connectivity index (χ4v) is 1.95. The van der Waals surface area contributed by atoms with Crippen LogP contribution in [0.4, 0.5) is 0 Å². The number of ether oxygens (including phenoxy) is 2. The van der Waals surface area contributed by atoms with Gasteiger partial charge in [-0.3, -0.25) is 0 Å². The summed E-state index contributed by atoms with van der Waals surface area (Å²) in [5, 5.41) is 0.457. The molecule has 0 spiro atoms. The van der Waals surface area contributed by atoms with Gasteiger partial charge in [-0.2, -0.15) is 0 Å². The van der Waals surface area contributed by atoms with E-state index in [1.165, 1.54) is 11.6 Å². The van der Waals surface area contributed by atoms with Gasteiger partial charge in [0.05, 0.1) is 5.02 Å². The van der Waals surface area contributed by atoms with Gasteiger partial charge in [0.1, 0.15) is 28.3 Å². The lowest BCUT2D eigenvalue weighted by atomic mass is 10.2. The maximum Gasteiger partial charge on any atom is 0.138 e. The highest BCUT2D eigenvalue weighted by molar-refractivity contribution is 6.55. The predicted octanol–water partition coefficient (Wildman–Crippen LogP) is 6.14. The van der Waals surface area contributed by atoms with Gasteiger partial charge in [0, 0.05) is 6.07 Å². The average Bonchev–Trinajstić information content (AvgIpc) is 2.43. The standard InChI is InChI=1S/C16H13Cl3O2/c1-11-2-4-12(5-3-11)21-13-6-7-15(14(17)10-13)20-9-8-16(18)19/h2-8,10H,9H2,1H3. The molecule has 0 saturated heterocycles. The lowest BCUT2D eigenvalue weighted by Gasteiger charge is -2.09. The van der Waals surface area contributed by atoms with Crippen molar-refractivity contribution in [2.45, 2.75) is 6.92 Å². The third-order valence-corrected chi connectivity index (χ3v) is 3.24. The molecule has 0 aliphatic carbocycles. The van der Waals surface area contributed by atoms with Crippen molar-refractivity contribution >= 4 is 34.8 Å². The van der Waals surface area contributed by atoms with E-state index in [2.05, 4.69) is 0 Å². The Bertz CT molecular complexity index is 632. The van der Waals surface area contributed by atoms with Gasteiger partial charge in [-0.15, -0.1) is 0 Å². The van der Waals surface area contributed by atoms with E-state index < -0.39 is 0 Å². The molecular weight excluding hydrogens is 331 g/mol. The van der Waals surface area contributed by atoms with Gasteiger partial charge in [0.15, 0.2) is 0 Å². The van der Waals surface area contributed by atoms with Crippen molar-refractivity contribution in [1.82, 2.24) is 0 Å². The SMILES string of the molecule is Cc1ccc(Oc2ccc(OCC=C(Cl)Cl)c(Cl)c2)cc1. The summed E-state index contributed by atoms with van der Waals surface area (Å²) in [7, 11) is 0. The Kier molecular flexibility index (Phi) is 5.80. The molecule has 2 nitrogen and oxygen atoms in total. The first-order valence-corrected chi connectivity index (χ1v) is 7.36. The molecule has 0 atom stereocenters. The highest BCUT2D eigenvalue weighted by Gasteiger charge is 2.04. The molecule has 0 radical (unpaired) electrons. The highest BCUT2D eigenvalue weighted by atomic mass is 35.5. The van der Waals surface area contributed by atoms with Crippen LogP contribution in [0.5, 0.6) is 17.2 Å². The van der Waals surface area contributed by atoms with E-state index in [1.54, 1.807) is 18.2 Å². The quantitative estimate of drug-likeness (QED) is 0.649. The Balaban J connectivity index is 2.04. The molecule has 2 rings (SSSR count). The molecule has 0 unspecified atom stereocenters. The van der Waals surface area contributed by atoms with Crippen LogP contribution in [0.15, 0.2) is 53.0 Å². The van der Waals surface area contributed by atoms with Crippen LogP contribution in [0.25, 0.3) is 0 Å². The molecule has 0 aliphatic rings. The predicted molar refractivity (Wildman–Crippen MR) is 88.0 cm³/mol. The fourth-order valence-electron chi connectivity index (χ4n) is 1.60. The Hall–Kier alpha value is -1.35. The molecule has 110 valence electrons. The Labute approximate surface area is 138 Å². The van der Waals surface area contributed by atoms with Gasteiger partial charge in [-0.05, 0) is 37.3 Å². The largest absolute Gasteiger partial charge is 0.488 e. The van der Waals surface area contributed by atoms with Crippen LogP contribution < -0.4 is 9.47 Å². The van der Waals surface area contributed by atoms with E-state index in [0.717, 1.165) is 5.75 Å². The Morgan fingerprint density at radius 2 is 1.71 bits per heavy atom. The van der Waals surface area contributed by atoms with E-state index in [-0.39, 0.29) is 11.1 Å². The molecule has 0 heterocycles. The number of benzene rings is 2. The summed E-state index contributed by atoms with van der Waals surface area (Å²) in [5.74, 6) is 1.93. The molecule has 0 N–H and O–H groups in total. The molecule has 0 aromatic heterocycles. The molecule has 21 heavy (non-hydrogen) atoms. The molecule has 2 aromatic rings. The molecule has 0 saturated carbocycles. The topological polar surface area (TPSA) is 18.5 Å². The summed E-state index contributed by atoms with van der Waals surface area (Å²) in [4.78, 5) is 0. The number of aryl methyl sites for hydroxylation is 1. The van der Waals surface area contributed by atoms with Crippen molar-refractivity contribution in [2.24, 2.45) is 0 Å². The van der Waals surface area contributed by atoms with Crippen LogP contribution >= 0.6 is 34.8 Å². The van der Waals surface area contributed by atoms with Crippen LogP contribution in [0.3, 0.4) is 0 Å². The van der Waals surface area contributed by atoms with Gasteiger partial charge < -0.3 is 9.47 Å². The molecule has 0 bridgehead atoms. The lowest BCUT2D eigenvalue weighted by molar-refractivity contribution is 0.362. The van der Waals surface area contributed by atoms with Crippen LogP contribution in [-0.2, 0) is 0 Å². The maximum absolute atomic E-state index is 6.14. The normalized spacial score (nSPS) is 10.1. The summed E-state index contributed by atoms with van der Waals surface area (Å²) < 4.78 is 11.3. The van der Waals surface area contributed by atoms with E-state index in [9.17, 15) is 0 Å². The van der Waals surface area contributed by atoms with Gasteiger partial charge >= 0.3 is 0 Å². The number of hydrogen-bond acceptors (Lipinski definition) is 2. The van der Waals surface area contributed by atoms with E-state index in [4.69, 9.17) is 44.3 Å². The van der Waals surface area contributed by atoms with Gasteiger partial charge in [0.25, 0.3) is 0 Å². The fraction of sp³-hybridized carbons (Fsp3) is 0.125. The second kappa shape index (κ2) is 7.60. The summed E-state index contributed by atoms with van der Waals surface area (Å²) in [6.45, 7) is 2.27. The smallest absolute Gasteiger partial charge is 0.138 e. The second-order valence-corrected chi connectivity index (χ2v) is 5.73. The highest BCUT2D eigenvalue weighted by Crippen LogP contribution is 2.31. The first-order valence-electron chi connectivity index (χ1n) is 6.22. The minimum absolute atomic E-state index is 0.158. The molecule has 2 aromatic carbocycles. The lowest BCUT2D eigenvalue weighted by Crippen LogP contribution is -1.94. The van der Waals surface area contributed by atoms with Gasteiger partial charge in [0.2, 0.25) is 0 Å². The van der Waals surface area contributed by atoms with Crippen molar-refractivity contribution in [2.75, 3.05) is 6.61 Å². The zero-order valence-electron chi connectivity index (χ0n) is 11.3. The van der Waals surface area contributed by atoms with E-state index in [1.807, 2.05) is 31.2 Å². The van der Waals surface area contributed by atoms with Gasteiger partial charge in [-0.25, -0.2) is 0 Å². The number of hydrogen-bond donors (Lipinski definition) is 0. The summed E-state index contributed by atoms with van der Waals surface area (Å²) in [6, 6.07) is 13.0. The van der Waals surface area contributed by atoms with Crippen LogP contribution in [-0.4, -0.2) is 6.61 Å². The molecule has 0 amide bonds. The minimum Gasteiger partial charge on any atom is -0.488 e. The number of halogens is 3. The Morgan fingerprint density at radius 3 is 2.33 bits per heavy atom. The third-order valence-electron chi connectivity index (χ3n) is 2.64. The first kappa shape index (κ1) is 16.0. The molecule has 0 aliphatic heterocycles. The van der Waals surface area contributed by atoms with Gasteiger partial charge in [-0.1, -0.05) is 52.5 Å². The average molecular weight is 344 g/mol. The second-order valence-electron chi connectivity index (χ2n) is 4.31. The molecule has 5 heteroatoms. The van der Waals surface area contributed by atoms with Crippen molar-refractivity contribution in [3.8, 4) is 17.2 Å². The monoisotopic (exact) mass is 342 g/mol. The third kappa shape index (κ3) is 5.16. The summed E-state index contributed by atoms with van der Waals surface area (Å²) in [6.07, 6.45) is 1.54. The maximum atomic E-state index is 6.14. The Morgan fingerprint density at radius 1 is 1.05 bits per heavy atom. The molecular formula is C16H13Cl3O2. The van der Waals surface area contributed by atoms with E-state index >= 15 is 0 Å². The van der Waals surface area contributed by atoms with Crippen molar-refractivity contribution in [1.29, 1.82) is 0 Å². The first-order chi connectivity index (χ1) is 10.0. The molecule has 0 fully saturated rings.